The van der Waals surface area contributed by atoms with E-state index >= 15 is 0 Å². The second kappa shape index (κ2) is 7.88. The van der Waals surface area contributed by atoms with Crippen LogP contribution in [0.4, 0.5) is 0 Å². The maximum Gasteiger partial charge on any atom is 0.234 e. The molecule has 1 N–H and O–H groups in total. The zero-order valence-electron chi connectivity index (χ0n) is 15.5. The van der Waals surface area contributed by atoms with Crippen molar-refractivity contribution in [3.05, 3.63) is 23.8 Å². The molecule has 0 aliphatic carbocycles. The number of hydrogen-bond donors (Lipinski definition) is 1. The van der Waals surface area contributed by atoms with Crippen LogP contribution in [0.15, 0.2) is 18.2 Å². The van der Waals surface area contributed by atoms with E-state index in [0.29, 0.717) is 6.54 Å². The van der Waals surface area contributed by atoms with Crippen LogP contribution >= 0.6 is 0 Å². The molecule has 1 aliphatic heterocycles. The van der Waals surface area contributed by atoms with Gasteiger partial charge in [-0.15, -0.1) is 0 Å². The number of amides is 1. The van der Waals surface area contributed by atoms with Gasteiger partial charge in [0.15, 0.2) is 0 Å². The van der Waals surface area contributed by atoms with Gasteiger partial charge in [-0.25, -0.2) is 0 Å². The largest absolute Gasteiger partial charge is 0.497 e. The van der Waals surface area contributed by atoms with Gasteiger partial charge < -0.3 is 14.8 Å². The van der Waals surface area contributed by atoms with E-state index in [9.17, 15) is 4.79 Å². The first-order chi connectivity index (χ1) is 11.4. The maximum atomic E-state index is 12.4. The number of carbonyl (C=O) groups excluding carboxylic acids is 1. The Labute approximate surface area is 145 Å². The van der Waals surface area contributed by atoms with Gasteiger partial charge in [0.25, 0.3) is 0 Å². The maximum absolute atomic E-state index is 12.4. The molecular weight excluding hydrogens is 304 g/mol. The van der Waals surface area contributed by atoms with Crippen LogP contribution in [0.2, 0.25) is 0 Å². The van der Waals surface area contributed by atoms with E-state index < -0.39 is 0 Å². The van der Waals surface area contributed by atoms with E-state index in [-0.39, 0.29) is 17.5 Å². The fraction of sp³-hybridized carbons (Fsp3) is 0.632. The minimum atomic E-state index is -0.167. The highest BCUT2D eigenvalue weighted by Crippen LogP contribution is 2.38. The molecule has 0 bridgehead atoms. The van der Waals surface area contributed by atoms with Crippen LogP contribution in [0.5, 0.6) is 11.5 Å². The number of nitrogens with one attached hydrogen (secondary N) is 1. The summed E-state index contributed by atoms with van der Waals surface area (Å²) in [6, 6.07) is 6.05. The highest BCUT2D eigenvalue weighted by atomic mass is 16.5. The zero-order chi connectivity index (χ0) is 17.7. The summed E-state index contributed by atoms with van der Waals surface area (Å²) in [4.78, 5) is 14.7. The van der Waals surface area contributed by atoms with Gasteiger partial charge in [0.1, 0.15) is 11.5 Å². The van der Waals surface area contributed by atoms with E-state index in [1.54, 1.807) is 14.2 Å². The van der Waals surface area contributed by atoms with Gasteiger partial charge >= 0.3 is 0 Å². The Bertz CT molecular complexity index is 572. The van der Waals surface area contributed by atoms with Crippen molar-refractivity contribution in [2.75, 3.05) is 27.3 Å². The monoisotopic (exact) mass is 334 g/mol. The normalized spacial score (nSPS) is 18.5. The third-order valence-corrected chi connectivity index (χ3v) is 4.87. The summed E-state index contributed by atoms with van der Waals surface area (Å²) in [7, 11) is 3.35. The lowest BCUT2D eigenvalue weighted by Gasteiger charge is -2.29. The number of methoxy groups -OCH3 is 2. The molecule has 1 unspecified atom stereocenters. The van der Waals surface area contributed by atoms with E-state index in [4.69, 9.17) is 9.47 Å². The molecule has 0 spiro atoms. The van der Waals surface area contributed by atoms with Crippen molar-refractivity contribution in [1.82, 2.24) is 10.2 Å². The quantitative estimate of drug-likeness (QED) is 0.832. The molecule has 0 radical (unpaired) electrons. The first kappa shape index (κ1) is 18.6. The second-order valence-corrected chi connectivity index (χ2v) is 7.02. The number of nitrogens with zero attached hydrogens (tertiary/aromatic N) is 1. The van der Waals surface area contributed by atoms with Gasteiger partial charge in [0.05, 0.1) is 20.8 Å². The number of hydrogen-bond acceptors (Lipinski definition) is 4. The Kier molecular flexibility index (Phi) is 6.10. The smallest absolute Gasteiger partial charge is 0.234 e. The van der Waals surface area contributed by atoms with Crippen molar-refractivity contribution in [2.45, 2.75) is 51.6 Å². The molecule has 1 aliphatic rings. The van der Waals surface area contributed by atoms with Crippen LogP contribution in [0.25, 0.3) is 0 Å². The first-order valence-electron chi connectivity index (χ1n) is 8.67. The van der Waals surface area contributed by atoms with Gasteiger partial charge in [-0.2, -0.15) is 0 Å². The molecule has 2 rings (SSSR count). The van der Waals surface area contributed by atoms with Crippen molar-refractivity contribution in [2.24, 2.45) is 0 Å². The molecule has 134 valence electrons. The Morgan fingerprint density at radius 2 is 2.08 bits per heavy atom. The average Bonchev–Trinajstić information content (AvgIpc) is 3.01. The average molecular weight is 334 g/mol. The summed E-state index contributed by atoms with van der Waals surface area (Å²) in [6.45, 7) is 7.52. The summed E-state index contributed by atoms with van der Waals surface area (Å²) in [5.41, 5.74) is 0.928. The number of benzene rings is 1. The van der Waals surface area contributed by atoms with Crippen molar-refractivity contribution in [3.63, 3.8) is 0 Å². The van der Waals surface area contributed by atoms with Crippen LogP contribution in [0.1, 0.15) is 51.6 Å². The molecule has 24 heavy (non-hydrogen) atoms. The lowest BCUT2D eigenvalue weighted by atomic mass is 10.0. The van der Waals surface area contributed by atoms with Gasteiger partial charge in [-0.3, -0.25) is 9.69 Å². The first-order valence-corrected chi connectivity index (χ1v) is 8.67. The van der Waals surface area contributed by atoms with Crippen molar-refractivity contribution >= 4 is 5.91 Å². The van der Waals surface area contributed by atoms with Crippen LogP contribution in [0, 0.1) is 0 Å². The third-order valence-electron chi connectivity index (χ3n) is 4.87. The molecule has 1 heterocycles. The van der Waals surface area contributed by atoms with Crippen molar-refractivity contribution in [3.8, 4) is 11.5 Å². The van der Waals surface area contributed by atoms with E-state index in [1.807, 2.05) is 18.2 Å². The number of likely N-dealkylation sites (tertiary alicyclic amines) is 1. The summed E-state index contributed by atoms with van der Waals surface area (Å²) >= 11 is 0. The Morgan fingerprint density at radius 3 is 2.71 bits per heavy atom. The Hall–Kier alpha value is -1.75. The van der Waals surface area contributed by atoms with Crippen LogP contribution in [-0.4, -0.2) is 43.7 Å². The lowest BCUT2D eigenvalue weighted by molar-refractivity contribution is -0.124. The second-order valence-electron chi connectivity index (χ2n) is 7.02. The number of carbonyl (C=O) groups is 1. The fourth-order valence-corrected chi connectivity index (χ4v) is 3.16. The van der Waals surface area contributed by atoms with Gasteiger partial charge in [-0.1, -0.05) is 6.92 Å². The van der Waals surface area contributed by atoms with Gasteiger partial charge in [-0.05, 0) is 57.9 Å². The van der Waals surface area contributed by atoms with Crippen molar-refractivity contribution < 1.29 is 14.3 Å². The van der Waals surface area contributed by atoms with E-state index in [0.717, 1.165) is 42.9 Å². The summed E-state index contributed by atoms with van der Waals surface area (Å²) < 4.78 is 10.9. The SMILES string of the molecule is CCC(C)(C)NC(=O)CN1CCCC1c1cc(OC)ccc1OC. The molecule has 0 aromatic heterocycles. The molecule has 0 saturated carbocycles. The standard InChI is InChI=1S/C19H30N2O3/c1-6-19(2,3)20-18(22)13-21-11-7-8-16(21)15-12-14(23-4)9-10-17(15)24-5/h9-10,12,16H,6-8,11,13H2,1-5H3,(H,20,22). The summed E-state index contributed by atoms with van der Waals surface area (Å²) in [5.74, 6) is 1.74. The molecule has 1 atom stereocenters. The minimum absolute atomic E-state index is 0.0793. The predicted octanol–water partition coefficient (Wildman–Crippen LogP) is 3.15. The number of ether oxygens (including phenoxy) is 2. The molecule has 1 aromatic carbocycles. The molecular formula is C19H30N2O3. The molecule has 5 nitrogen and oxygen atoms in total. The zero-order valence-corrected chi connectivity index (χ0v) is 15.5. The molecule has 1 saturated heterocycles. The minimum Gasteiger partial charge on any atom is -0.497 e. The molecule has 1 fully saturated rings. The number of rotatable bonds is 7. The van der Waals surface area contributed by atoms with Crippen LogP contribution in [0.3, 0.4) is 0 Å². The Balaban J connectivity index is 2.14. The van der Waals surface area contributed by atoms with Crippen LogP contribution < -0.4 is 14.8 Å². The molecule has 1 aromatic rings. The highest BCUT2D eigenvalue weighted by molar-refractivity contribution is 5.78. The Morgan fingerprint density at radius 1 is 1.33 bits per heavy atom. The van der Waals surface area contributed by atoms with Crippen LogP contribution in [-0.2, 0) is 4.79 Å². The van der Waals surface area contributed by atoms with Crippen molar-refractivity contribution in [1.29, 1.82) is 0 Å². The fourth-order valence-electron chi connectivity index (χ4n) is 3.16. The highest BCUT2D eigenvalue weighted by Gasteiger charge is 2.31. The van der Waals surface area contributed by atoms with Gasteiger partial charge in [0.2, 0.25) is 5.91 Å². The van der Waals surface area contributed by atoms with E-state index in [1.165, 1.54) is 0 Å². The third kappa shape index (κ3) is 4.41. The molecule has 5 heteroatoms. The summed E-state index contributed by atoms with van der Waals surface area (Å²) in [5, 5.41) is 3.12. The predicted molar refractivity (Wildman–Crippen MR) is 95.6 cm³/mol. The molecule has 1 amide bonds. The lowest BCUT2D eigenvalue weighted by Crippen LogP contribution is -2.47. The van der Waals surface area contributed by atoms with E-state index in [2.05, 4.69) is 31.0 Å². The summed E-state index contributed by atoms with van der Waals surface area (Å²) in [6.07, 6.45) is 3.01. The van der Waals surface area contributed by atoms with Gasteiger partial charge in [0, 0.05) is 17.1 Å². The topological polar surface area (TPSA) is 50.8 Å².